The lowest BCUT2D eigenvalue weighted by Gasteiger charge is -2.12. The number of fused-ring (bicyclic) bond motifs is 5. The predicted octanol–water partition coefficient (Wildman–Crippen LogP) is 4.28. The van der Waals surface area contributed by atoms with Gasteiger partial charge in [-0.15, -0.1) is 0 Å². The normalized spacial score (nSPS) is 12.5. The van der Waals surface area contributed by atoms with E-state index in [0.29, 0.717) is 16.3 Å². The van der Waals surface area contributed by atoms with Gasteiger partial charge >= 0.3 is 6.18 Å². The maximum atomic E-state index is 13.3. The van der Waals surface area contributed by atoms with E-state index >= 15 is 0 Å². The fraction of sp³-hybridized carbons (Fsp3) is 0.0667. The molecule has 0 fully saturated rings. The molecule has 0 amide bonds. The first kappa shape index (κ1) is 12.1. The van der Waals surface area contributed by atoms with E-state index < -0.39 is 11.7 Å². The van der Waals surface area contributed by atoms with Gasteiger partial charge in [-0.05, 0) is 11.5 Å². The average molecular weight is 287 g/mol. The number of hydrogen-bond donors (Lipinski definition) is 1. The van der Waals surface area contributed by atoms with Gasteiger partial charge in [0.05, 0.1) is 22.8 Å². The van der Waals surface area contributed by atoms with Crippen LogP contribution in [0.1, 0.15) is 5.56 Å². The molecule has 0 atom stereocenters. The first-order valence-electron chi connectivity index (χ1n) is 6.26. The Morgan fingerprint density at radius 2 is 1.81 bits per heavy atom. The van der Waals surface area contributed by atoms with Gasteiger partial charge in [0.25, 0.3) is 0 Å². The molecule has 0 saturated heterocycles. The van der Waals surface area contributed by atoms with Gasteiger partial charge in [0.2, 0.25) is 0 Å². The van der Waals surface area contributed by atoms with E-state index in [1.165, 1.54) is 12.4 Å². The van der Waals surface area contributed by atoms with Gasteiger partial charge in [0, 0.05) is 22.4 Å². The van der Waals surface area contributed by atoms with Crippen LogP contribution in [-0.2, 0) is 6.18 Å². The molecule has 0 saturated carbocycles. The highest BCUT2D eigenvalue weighted by molar-refractivity contribution is 6.19. The maximum absolute atomic E-state index is 13.3. The van der Waals surface area contributed by atoms with E-state index in [1.807, 2.05) is 12.1 Å². The Morgan fingerprint density at radius 3 is 2.62 bits per heavy atom. The molecule has 0 radical (unpaired) electrons. The zero-order chi connectivity index (χ0) is 14.6. The van der Waals surface area contributed by atoms with Crippen LogP contribution in [0.25, 0.3) is 32.6 Å². The SMILES string of the molecule is FC(F)(F)c1cc2[nH]ncc2c2c1ncc1ccccc12. The molecule has 0 spiro atoms. The number of rotatable bonds is 0. The van der Waals surface area contributed by atoms with E-state index in [9.17, 15) is 13.2 Å². The van der Waals surface area contributed by atoms with Crippen molar-refractivity contribution in [3.63, 3.8) is 0 Å². The summed E-state index contributed by atoms with van der Waals surface area (Å²) < 4.78 is 39.8. The monoisotopic (exact) mass is 287 g/mol. The van der Waals surface area contributed by atoms with Crippen molar-refractivity contribution in [3.8, 4) is 0 Å². The van der Waals surface area contributed by atoms with E-state index in [1.54, 1.807) is 12.1 Å². The van der Waals surface area contributed by atoms with Crippen LogP contribution in [0, 0.1) is 0 Å². The molecule has 4 aromatic rings. The molecule has 2 aromatic heterocycles. The maximum Gasteiger partial charge on any atom is 0.418 e. The second kappa shape index (κ2) is 3.94. The molecule has 0 aliphatic carbocycles. The first-order valence-corrected chi connectivity index (χ1v) is 6.26. The van der Waals surface area contributed by atoms with Crippen LogP contribution in [-0.4, -0.2) is 15.2 Å². The summed E-state index contributed by atoms with van der Waals surface area (Å²) in [4.78, 5) is 4.04. The average Bonchev–Trinajstić information content (AvgIpc) is 2.93. The largest absolute Gasteiger partial charge is 0.418 e. The topological polar surface area (TPSA) is 41.6 Å². The lowest BCUT2D eigenvalue weighted by Crippen LogP contribution is -2.07. The van der Waals surface area contributed by atoms with Crippen molar-refractivity contribution in [1.82, 2.24) is 15.2 Å². The third-order valence-corrected chi connectivity index (χ3v) is 3.59. The Bertz CT molecular complexity index is 986. The van der Waals surface area contributed by atoms with Gasteiger partial charge in [0.1, 0.15) is 0 Å². The van der Waals surface area contributed by atoms with Crippen LogP contribution in [0.3, 0.4) is 0 Å². The third-order valence-electron chi connectivity index (χ3n) is 3.59. The Hall–Kier alpha value is -2.63. The van der Waals surface area contributed by atoms with Crippen molar-refractivity contribution in [2.75, 3.05) is 0 Å². The van der Waals surface area contributed by atoms with Crippen molar-refractivity contribution < 1.29 is 13.2 Å². The van der Waals surface area contributed by atoms with Gasteiger partial charge in [0.15, 0.2) is 0 Å². The summed E-state index contributed by atoms with van der Waals surface area (Å²) in [5.74, 6) is 0. The van der Waals surface area contributed by atoms with Crippen molar-refractivity contribution in [2.45, 2.75) is 6.18 Å². The van der Waals surface area contributed by atoms with Crippen LogP contribution in [0.5, 0.6) is 0 Å². The number of nitrogens with one attached hydrogen (secondary N) is 1. The summed E-state index contributed by atoms with van der Waals surface area (Å²) in [5, 5.41) is 9.13. The van der Waals surface area contributed by atoms with Gasteiger partial charge in [-0.3, -0.25) is 10.1 Å². The molecule has 4 rings (SSSR count). The molecule has 1 N–H and O–H groups in total. The molecule has 3 nitrogen and oxygen atoms in total. The molecule has 0 aliphatic rings. The minimum atomic E-state index is -4.47. The number of aromatic nitrogens is 3. The Labute approximate surface area is 116 Å². The fourth-order valence-electron chi connectivity index (χ4n) is 2.67. The van der Waals surface area contributed by atoms with E-state index in [4.69, 9.17) is 0 Å². The number of halogens is 3. The number of aromatic amines is 1. The number of nitrogens with zero attached hydrogens (tertiary/aromatic N) is 2. The molecular weight excluding hydrogens is 279 g/mol. The minimum Gasteiger partial charge on any atom is -0.278 e. The van der Waals surface area contributed by atoms with Crippen LogP contribution in [0.15, 0.2) is 42.7 Å². The van der Waals surface area contributed by atoms with Crippen LogP contribution < -0.4 is 0 Å². The molecule has 0 aliphatic heterocycles. The fourth-order valence-corrected chi connectivity index (χ4v) is 2.67. The van der Waals surface area contributed by atoms with Crippen molar-refractivity contribution in [3.05, 3.63) is 48.3 Å². The molecule has 0 bridgehead atoms. The third kappa shape index (κ3) is 1.68. The molecule has 0 unspecified atom stereocenters. The zero-order valence-electron chi connectivity index (χ0n) is 10.6. The van der Waals surface area contributed by atoms with E-state index in [2.05, 4.69) is 15.2 Å². The minimum absolute atomic E-state index is 0.0462. The molecule has 104 valence electrons. The lowest BCUT2D eigenvalue weighted by atomic mass is 10.00. The molecule has 2 heterocycles. The van der Waals surface area contributed by atoms with Crippen LogP contribution >= 0.6 is 0 Å². The molecule has 21 heavy (non-hydrogen) atoms. The van der Waals surface area contributed by atoms with Crippen LogP contribution in [0.4, 0.5) is 13.2 Å². The number of hydrogen-bond acceptors (Lipinski definition) is 2. The number of H-pyrrole nitrogens is 1. The van der Waals surface area contributed by atoms with Crippen molar-refractivity contribution >= 4 is 32.6 Å². The highest BCUT2D eigenvalue weighted by Crippen LogP contribution is 2.39. The standard InChI is InChI=1S/C15H8F3N3/c16-15(17,18)11-5-12-10(7-20-21-12)13-9-4-2-1-3-8(9)6-19-14(11)13/h1-7H,(H,20,21). The Balaban J connectivity index is 2.34. The summed E-state index contributed by atoms with van der Waals surface area (Å²) in [6, 6.07) is 8.32. The quantitative estimate of drug-likeness (QED) is 0.490. The smallest absolute Gasteiger partial charge is 0.278 e. The highest BCUT2D eigenvalue weighted by Gasteiger charge is 2.34. The Morgan fingerprint density at radius 1 is 1.00 bits per heavy atom. The van der Waals surface area contributed by atoms with Crippen LogP contribution in [0.2, 0.25) is 0 Å². The molecule has 6 heteroatoms. The van der Waals surface area contributed by atoms with E-state index in [0.717, 1.165) is 16.8 Å². The van der Waals surface area contributed by atoms with Crippen molar-refractivity contribution in [2.24, 2.45) is 0 Å². The second-order valence-corrected chi connectivity index (χ2v) is 4.82. The summed E-state index contributed by atoms with van der Waals surface area (Å²) in [7, 11) is 0. The predicted molar refractivity (Wildman–Crippen MR) is 73.9 cm³/mol. The lowest BCUT2D eigenvalue weighted by molar-refractivity contribution is -0.136. The summed E-state index contributed by atoms with van der Waals surface area (Å²) in [6.07, 6.45) is -1.46. The summed E-state index contributed by atoms with van der Waals surface area (Å²) in [6.45, 7) is 0. The number of alkyl halides is 3. The Kier molecular flexibility index (Phi) is 2.28. The van der Waals surface area contributed by atoms with Gasteiger partial charge in [-0.25, -0.2) is 0 Å². The van der Waals surface area contributed by atoms with Gasteiger partial charge < -0.3 is 0 Å². The summed E-state index contributed by atoms with van der Waals surface area (Å²) >= 11 is 0. The molecule has 2 aromatic carbocycles. The number of benzene rings is 2. The first-order chi connectivity index (χ1) is 10.1. The highest BCUT2D eigenvalue weighted by atomic mass is 19.4. The second-order valence-electron chi connectivity index (χ2n) is 4.82. The molecular formula is C15H8F3N3. The number of pyridine rings is 1. The van der Waals surface area contributed by atoms with Gasteiger partial charge in [-0.1, -0.05) is 24.3 Å². The zero-order valence-corrected chi connectivity index (χ0v) is 10.6. The van der Waals surface area contributed by atoms with Crippen molar-refractivity contribution in [1.29, 1.82) is 0 Å². The summed E-state index contributed by atoms with van der Waals surface area (Å²) in [5.41, 5.74) is -0.442. The van der Waals surface area contributed by atoms with Gasteiger partial charge in [-0.2, -0.15) is 18.3 Å². The van der Waals surface area contributed by atoms with E-state index in [-0.39, 0.29) is 5.52 Å².